The van der Waals surface area contributed by atoms with Crippen molar-refractivity contribution in [2.24, 2.45) is 7.05 Å². The predicted octanol–water partition coefficient (Wildman–Crippen LogP) is 2.24. The molecule has 0 aliphatic rings. The van der Waals surface area contributed by atoms with Crippen LogP contribution >= 0.6 is 0 Å². The van der Waals surface area contributed by atoms with Gasteiger partial charge in [-0.1, -0.05) is 0 Å². The molecule has 1 aromatic heterocycles. The van der Waals surface area contributed by atoms with E-state index in [0.29, 0.717) is 6.04 Å². The van der Waals surface area contributed by atoms with Gasteiger partial charge in [-0.25, -0.2) is 0 Å². The molecular formula is C14H27N3. The van der Waals surface area contributed by atoms with Gasteiger partial charge in [-0.15, -0.1) is 0 Å². The first-order valence-electron chi connectivity index (χ1n) is 6.61. The van der Waals surface area contributed by atoms with Crippen molar-refractivity contribution >= 4 is 0 Å². The summed E-state index contributed by atoms with van der Waals surface area (Å²) in [7, 11) is 4.26. The van der Waals surface area contributed by atoms with Crippen LogP contribution in [0.4, 0.5) is 0 Å². The molecule has 0 aliphatic carbocycles. The molecule has 0 saturated carbocycles. The summed E-state index contributed by atoms with van der Waals surface area (Å²) < 4.78 is 2.09. The van der Waals surface area contributed by atoms with Gasteiger partial charge in [0.1, 0.15) is 0 Å². The van der Waals surface area contributed by atoms with E-state index in [1.165, 1.54) is 24.9 Å². The van der Waals surface area contributed by atoms with Gasteiger partial charge in [-0.05, 0) is 58.5 Å². The summed E-state index contributed by atoms with van der Waals surface area (Å²) in [4.78, 5) is 2.40. The Balaban J connectivity index is 1.98. The number of nitrogens with zero attached hydrogens (tertiary/aromatic N) is 2. The molecule has 0 saturated heterocycles. The summed E-state index contributed by atoms with van der Waals surface area (Å²) in [5, 5.41) is 3.49. The van der Waals surface area contributed by atoms with E-state index in [0.717, 1.165) is 13.1 Å². The lowest BCUT2D eigenvalue weighted by molar-refractivity contribution is 0.268. The van der Waals surface area contributed by atoms with Crippen LogP contribution in [0.5, 0.6) is 0 Å². The van der Waals surface area contributed by atoms with E-state index in [-0.39, 0.29) is 0 Å². The van der Waals surface area contributed by atoms with Crippen LogP contribution in [0, 0.1) is 0 Å². The molecule has 0 spiro atoms. The number of rotatable bonds is 8. The fourth-order valence-corrected chi connectivity index (χ4v) is 1.77. The zero-order chi connectivity index (χ0) is 12.7. The molecule has 98 valence electrons. The minimum atomic E-state index is 0.660. The third-order valence-electron chi connectivity index (χ3n) is 3.22. The topological polar surface area (TPSA) is 20.2 Å². The van der Waals surface area contributed by atoms with Crippen LogP contribution in [0.1, 0.15) is 32.3 Å². The van der Waals surface area contributed by atoms with Crippen molar-refractivity contribution in [1.82, 2.24) is 14.8 Å². The van der Waals surface area contributed by atoms with Crippen LogP contribution < -0.4 is 5.32 Å². The summed E-state index contributed by atoms with van der Waals surface area (Å²) in [5.74, 6) is 0. The van der Waals surface area contributed by atoms with Crippen LogP contribution in [-0.2, 0) is 13.6 Å². The molecule has 3 nitrogen and oxygen atoms in total. The Hall–Kier alpha value is -0.800. The van der Waals surface area contributed by atoms with Crippen LogP contribution in [0.3, 0.4) is 0 Å². The van der Waals surface area contributed by atoms with Crippen molar-refractivity contribution in [3.63, 3.8) is 0 Å². The van der Waals surface area contributed by atoms with Crippen LogP contribution in [0.15, 0.2) is 18.5 Å². The zero-order valence-electron chi connectivity index (χ0n) is 11.7. The maximum atomic E-state index is 3.49. The number of nitrogens with one attached hydrogen (secondary N) is 1. The van der Waals surface area contributed by atoms with Crippen molar-refractivity contribution in [3.05, 3.63) is 24.0 Å². The maximum Gasteiger partial charge on any atom is 0.0220 e. The lowest BCUT2D eigenvalue weighted by Crippen LogP contribution is -2.27. The molecule has 1 aromatic rings. The van der Waals surface area contributed by atoms with Gasteiger partial charge in [0.25, 0.3) is 0 Å². The van der Waals surface area contributed by atoms with E-state index in [1.807, 2.05) is 0 Å². The largest absolute Gasteiger partial charge is 0.357 e. The van der Waals surface area contributed by atoms with E-state index in [4.69, 9.17) is 0 Å². The Bertz CT molecular complexity index is 304. The standard InChI is InChI=1S/C14H27N3/c1-13(2)17(4)9-6-5-8-15-11-14-7-10-16(3)12-14/h7,10,12-13,15H,5-6,8-9,11H2,1-4H3. The molecule has 0 amide bonds. The molecule has 0 atom stereocenters. The van der Waals surface area contributed by atoms with Crippen molar-refractivity contribution in [2.75, 3.05) is 20.1 Å². The number of aryl methyl sites for hydroxylation is 1. The lowest BCUT2D eigenvalue weighted by atomic mass is 10.2. The first kappa shape index (κ1) is 14.3. The monoisotopic (exact) mass is 237 g/mol. The second kappa shape index (κ2) is 7.51. The molecular weight excluding hydrogens is 210 g/mol. The molecule has 0 radical (unpaired) electrons. The summed E-state index contributed by atoms with van der Waals surface area (Å²) >= 11 is 0. The summed E-state index contributed by atoms with van der Waals surface area (Å²) in [5.41, 5.74) is 1.37. The van der Waals surface area contributed by atoms with Crippen LogP contribution in [0.2, 0.25) is 0 Å². The third kappa shape index (κ3) is 5.89. The molecule has 3 heteroatoms. The van der Waals surface area contributed by atoms with Crippen molar-refractivity contribution in [3.8, 4) is 0 Å². The highest BCUT2D eigenvalue weighted by atomic mass is 15.1. The zero-order valence-corrected chi connectivity index (χ0v) is 11.7. The molecule has 0 aromatic carbocycles. The second-order valence-corrected chi connectivity index (χ2v) is 5.14. The molecule has 17 heavy (non-hydrogen) atoms. The van der Waals surface area contributed by atoms with Gasteiger partial charge in [0.15, 0.2) is 0 Å². The molecule has 1 rings (SSSR count). The molecule has 0 unspecified atom stereocenters. The number of hydrogen-bond acceptors (Lipinski definition) is 2. The normalized spacial score (nSPS) is 11.6. The first-order chi connectivity index (χ1) is 8.09. The number of hydrogen-bond donors (Lipinski definition) is 1. The van der Waals surface area contributed by atoms with E-state index in [2.05, 4.69) is 61.2 Å². The van der Waals surface area contributed by atoms with Gasteiger partial charge in [-0.2, -0.15) is 0 Å². The second-order valence-electron chi connectivity index (χ2n) is 5.14. The van der Waals surface area contributed by atoms with Gasteiger partial charge in [0.2, 0.25) is 0 Å². The van der Waals surface area contributed by atoms with Crippen LogP contribution in [-0.4, -0.2) is 35.6 Å². The van der Waals surface area contributed by atoms with E-state index >= 15 is 0 Å². The quantitative estimate of drug-likeness (QED) is 0.700. The van der Waals surface area contributed by atoms with Gasteiger partial charge in [0, 0.05) is 32.0 Å². The van der Waals surface area contributed by atoms with Crippen molar-refractivity contribution < 1.29 is 0 Å². The minimum absolute atomic E-state index is 0.660. The average molecular weight is 237 g/mol. The lowest BCUT2D eigenvalue weighted by Gasteiger charge is -2.20. The first-order valence-corrected chi connectivity index (χ1v) is 6.61. The Morgan fingerprint density at radius 2 is 2.12 bits per heavy atom. The molecule has 0 bridgehead atoms. The Kier molecular flexibility index (Phi) is 6.30. The molecule has 0 fully saturated rings. The molecule has 1 heterocycles. The Morgan fingerprint density at radius 3 is 2.71 bits per heavy atom. The fourth-order valence-electron chi connectivity index (χ4n) is 1.77. The van der Waals surface area contributed by atoms with E-state index in [9.17, 15) is 0 Å². The van der Waals surface area contributed by atoms with Crippen LogP contribution in [0.25, 0.3) is 0 Å². The maximum absolute atomic E-state index is 3.49. The molecule has 1 N–H and O–H groups in total. The summed E-state index contributed by atoms with van der Waals surface area (Å²) in [6, 6.07) is 2.83. The highest BCUT2D eigenvalue weighted by molar-refractivity contribution is 5.09. The average Bonchev–Trinajstić information content (AvgIpc) is 2.68. The molecule has 0 aliphatic heterocycles. The van der Waals surface area contributed by atoms with Gasteiger partial charge < -0.3 is 14.8 Å². The minimum Gasteiger partial charge on any atom is -0.357 e. The van der Waals surface area contributed by atoms with Crippen molar-refractivity contribution in [2.45, 2.75) is 39.3 Å². The van der Waals surface area contributed by atoms with Gasteiger partial charge in [0.05, 0.1) is 0 Å². The summed E-state index contributed by atoms with van der Waals surface area (Å²) in [6.45, 7) is 7.79. The smallest absolute Gasteiger partial charge is 0.0220 e. The summed E-state index contributed by atoms with van der Waals surface area (Å²) in [6.07, 6.45) is 6.79. The van der Waals surface area contributed by atoms with Crippen molar-refractivity contribution in [1.29, 1.82) is 0 Å². The predicted molar refractivity (Wildman–Crippen MR) is 74.1 cm³/mol. The van der Waals surface area contributed by atoms with E-state index < -0.39 is 0 Å². The Morgan fingerprint density at radius 1 is 1.35 bits per heavy atom. The van der Waals surface area contributed by atoms with Gasteiger partial charge in [-0.3, -0.25) is 0 Å². The SMILES string of the molecule is CC(C)N(C)CCCCNCc1ccn(C)c1. The third-order valence-corrected chi connectivity index (χ3v) is 3.22. The van der Waals surface area contributed by atoms with Gasteiger partial charge >= 0.3 is 0 Å². The number of unbranched alkanes of at least 4 members (excludes halogenated alkanes) is 1. The number of aromatic nitrogens is 1. The fraction of sp³-hybridized carbons (Fsp3) is 0.714. The highest BCUT2D eigenvalue weighted by Crippen LogP contribution is 2.00. The Labute approximate surface area is 106 Å². The van der Waals surface area contributed by atoms with E-state index in [1.54, 1.807) is 0 Å². The highest BCUT2D eigenvalue weighted by Gasteiger charge is 2.01.